The third kappa shape index (κ3) is 2.66. The quantitative estimate of drug-likeness (QED) is 0.774. The number of rotatable bonds is 2. The first kappa shape index (κ1) is 12.9. The average Bonchev–Trinajstić information content (AvgIpc) is 2.30. The zero-order valence-corrected chi connectivity index (χ0v) is 11.5. The summed E-state index contributed by atoms with van der Waals surface area (Å²) < 4.78 is 24.8. The summed E-state index contributed by atoms with van der Waals surface area (Å²) in [7, 11) is -3.26. The van der Waals surface area contributed by atoms with E-state index < -0.39 is 15.1 Å². The normalized spacial score (nSPS) is 25.8. The van der Waals surface area contributed by atoms with Gasteiger partial charge >= 0.3 is 0 Å². The zero-order valence-electron chi connectivity index (χ0n) is 9.90. The number of hydrogen-bond donors (Lipinski definition) is 0. The van der Waals surface area contributed by atoms with E-state index in [-0.39, 0.29) is 5.38 Å². The van der Waals surface area contributed by atoms with Gasteiger partial charge in [-0.1, -0.05) is 30.5 Å². The van der Waals surface area contributed by atoms with Crippen LogP contribution in [-0.4, -0.2) is 19.0 Å². The molecule has 0 heterocycles. The lowest BCUT2D eigenvalue weighted by Gasteiger charge is -2.26. The highest BCUT2D eigenvalue weighted by Crippen LogP contribution is 2.32. The molecule has 1 aliphatic rings. The van der Waals surface area contributed by atoms with Crippen LogP contribution in [0.3, 0.4) is 0 Å². The van der Waals surface area contributed by atoms with Gasteiger partial charge in [0.05, 0.1) is 15.5 Å². The van der Waals surface area contributed by atoms with Crippen molar-refractivity contribution in [1.29, 1.82) is 0 Å². The van der Waals surface area contributed by atoms with Gasteiger partial charge in [-0.15, -0.1) is 11.6 Å². The summed E-state index contributed by atoms with van der Waals surface area (Å²) >= 11 is 6.17. The van der Waals surface area contributed by atoms with Gasteiger partial charge in [-0.3, -0.25) is 0 Å². The van der Waals surface area contributed by atoms with Gasteiger partial charge < -0.3 is 0 Å². The first-order valence-corrected chi connectivity index (χ1v) is 7.95. The molecule has 1 aliphatic carbocycles. The maximum Gasteiger partial charge on any atom is 0.182 e. The molecular formula is C13H17ClO2S. The molecule has 0 unspecified atom stereocenters. The van der Waals surface area contributed by atoms with Crippen molar-refractivity contribution < 1.29 is 8.42 Å². The molecule has 2 nitrogen and oxygen atoms in total. The maximum atomic E-state index is 12.4. The van der Waals surface area contributed by atoms with E-state index in [0.29, 0.717) is 11.3 Å². The molecular weight excluding hydrogens is 256 g/mol. The Morgan fingerprint density at radius 1 is 1.12 bits per heavy atom. The van der Waals surface area contributed by atoms with E-state index in [9.17, 15) is 8.42 Å². The second-order valence-corrected chi connectivity index (χ2v) is 7.42. The number of sulfone groups is 1. The zero-order chi connectivity index (χ0) is 12.5. The van der Waals surface area contributed by atoms with E-state index in [1.54, 1.807) is 12.1 Å². The molecule has 0 N–H and O–H groups in total. The van der Waals surface area contributed by atoms with Gasteiger partial charge in [0.25, 0.3) is 0 Å². The molecule has 2 atom stereocenters. The average molecular weight is 273 g/mol. The van der Waals surface area contributed by atoms with Crippen molar-refractivity contribution in [2.24, 2.45) is 0 Å². The molecule has 0 aromatic heterocycles. The van der Waals surface area contributed by atoms with E-state index in [1.807, 2.05) is 19.1 Å². The maximum absolute atomic E-state index is 12.4. The van der Waals surface area contributed by atoms with E-state index >= 15 is 0 Å². The molecule has 2 rings (SSSR count). The van der Waals surface area contributed by atoms with Crippen LogP contribution in [0, 0.1) is 6.92 Å². The topological polar surface area (TPSA) is 34.1 Å². The van der Waals surface area contributed by atoms with Gasteiger partial charge in [0.2, 0.25) is 0 Å². The van der Waals surface area contributed by atoms with Crippen LogP contribution in [0.1, 0.15) is 31.2 Å². The molecule has 1 fully saturated rings. The number of aryl methyl sites for hydroxylation is 1. The van der Waals surface area contributed by atoms with Crippen LogP contribution < -0.4 is 0 Å². The van der Waals surface area contributed by atoms with Crippen LogP contribution in [0.4, 0.5) is 0 Å². The molecule has 0 aliphatic heterocycles. The first-order chi connectivity index (χ1) is 8.01. The summed E-state index contributed by atoms with van der Waals surface area (Å²) in [5, 5.41) is -0.657. The molecule has 0 radical (unpaired) electrons. The molecule has 1 aromatic carbocycles. The smallest absolute Gasteiger partial charge is 0.182 e. The summed E-state index contributed by atoms with van der Waals surface area (Å²) in [6.45, 7) is 1.95. The van der Waals surface area contributed by atoms with Gasteiger partial charge in [-0.25, -0.2) is 8.42 Å². The minimum Gasteiger partial charge on any atom is -0.223 e. The minimum atomic E-state index is -3.26. The molecule has 0 saturated heterocycles. The van der Waals surface area contributed by atoms with Crippen LogP contribution >= 0.6 is 11.6 Å². The molecule has 0 spiro atoms. The van der Waals surface area contributed by atoms with Gasteiger partial charge in [0.1, 0.15) is 0 Å². The number of halogens is 1. The highest BCUT2D eigenvalue weighted by Gasteiger charge is 2.35. The fraction of sp³-hybridized carbons (Fsp3) is 0.538. The molecule has 0 bridgehead atoms. The Morgan fingerprint density at radius 3 is 2.29 bits per heavy atom. The summed E-state index contributed by atoms with van der Waals surface area (Å²) in [4.78, 5) is 0.403. The lowest BCUT2D eigenvalue weighted by atomic mass is 10.00. The summed E-state index contributed by atoms with van der Waals surface area (Å²) in [5.74, 6) is 0. The molecule has 17 heavy (non-hydrogen) atoms. The Hall–Kier alpha value is -0.540. The molecule has 4 heteroatoms. The Kier molecular flexibility index (Phi) is 3.79. The van der Waals surface area contributed by atoms with Crippen molar-refractivity contribution in [1.82, 2.24) is 0 Å². The monoisotopic (exact) mass is 272 g/mol. The third-order valence-corrected chi connectivity index (χ3v) is 6.33. The first-order valence-electron chi connectivity index (χ1n) is 5.96. The van der Waals surface area contributed by atoms with E-state index in [4.69, 9.17) is 11.6 Å². The SMILES string of the molecule is Cc1ccc(S(=O)(=O)[C@@H]2CCCC[C@@H]2Cl)cc1. The molecule has 0 amide bonds. The largest absolute Gasteiger partial charge is 0.223 e. The fourth-order valence-corrected chi connectivity index (χ4v) is 4.86. The van der Waals surface area contributed by atoms with Gasteiger partial charge in [0.15, 0.2) is 9.84 Å². The van der Waals surface area contributed by atoms with E-state index in [0.717, 1.165) is 24.8 Å². The molecule has 94 valence electrons. The van der Waals surface area contributed by atoms with Crippen LogP contribution in [0.5, 0.6) is 0 Å². The number of benzene rings is 1. The summed E-state index contributed by atoms with van der Waals surface area (Å²) in [6, 6.07) is 7.03. The van der Waals surface area contributed by atoms with Gasteiger partial charge in [-0.05, 0) is 31.9 Å². The summed E-state index contributed by atoms with van der Waals surface area (Å²) in [5.41, 5.74) is 1.06. The lowest BCUT2D eigenvalue weighted by molar-refractivity contribution is 0.489. The Morgan fingerprint density at radius 2 is 1.71 bits per heavy atom. The molecule has 1 aromatic rings. The van der Waals surface area contributed by atoms with Crippen molar-refractivity contribution in [3.63, 3.8) is 0 Å². The predicted molar refractivity (Wildman–Crippen MR) is 70.3 cm³/mol. The van der Waals surface area contributed by atoms with Crippen LogP contribution in [0.25, 0.3) is 0 Å². The standard InChI is InChI=1S/C13H17ClO2S/c1-10-6-8-11(9-7-10)17(15,16)13-5-3-2-4-12(13)14/h6-9,12-13H,2-5H2,1H3/t12-,13+/m0/s1. The van der Waals surface area contributed by atoms with Crippen LogP contribution in [0.2, 0.25) is 0 Å². The van der Waals surface area contributed by atoms with Gasteiger partial charge in [0, 0.05) is 0 Å². The number of alkyl halides is 1. The van der Waals surface area contributed by atoms with Crippen molar-refractivity contribution in [2.45, 2.75) is 48.1 Å². The lowest BCUT2D eigenvalue weighted by Crippen LogP contribution is -2.33. The third-order valence-electron chi connectivity index (χ3n) is 3.37. The van der Waals surface area contributed by atoms with Crippen molar-refractivity contribution in [3.05, 3.63) is 29.8 Å². The fourth-order valence-electron chi connectivity index (χ4n) is 2.30. The Labute approximate surface area is 108 Å². The molecule has 1 saturated carbocycles. The Bertz CT molecular complexity index is 479. The second-order valence-electron chi connectivity index (χ2n) is 4.70. The second kappa shape index (κ2) is 4.99. The predicted octanol–water partition coefficient (Wildman–Crippen LogP) is 3.32. The van der Waals surface area contributed by atoms with E-state index in [2.05, 4.69) is 0 Å². The van der Waals surface area contributed by atoms with Crippen molar-refractivity contribution >= 4 is 21.4 Å². The van der Waals surface area contributed by atoms with E-state index in [1.165, 1.54) is 0 Å². The van der Waals surface area contributed by atoms with Crippen LogP contribution in [0.15, 0.2) is 29.2 Å². The highest BCUT2D eigenvalue weighted by atomic mass is 35.5. The number of hydrogen-bond acceptors (Lipinski definition) is 2. The van der Waals surface area contributed by atoms with Crippen molar-refractivity contribution in [3.8, 4) is 0 Å². The Balaban J connectivity index is 2.32. The highest BCUT2D eigenvalue weighted by molar-refractivity contribution is 7.92. The van der Waals surface area contributed by atoms with Crippen LogP contribution in [-0.2, 0) is 9.84 Å². The van der Waals surface area contributed by atoms with Gasteiger partial charge in [-0.2, -0.15) is 0 Å². The minimum absolute atomic E-state index is 0.241. The summed E-state index contributed by atoms with van der Waals surface area (Å²) in [6.07, 6.45) is 3.48. The van der Waals surface area contributed by atoms with Crippen molar-refractivity contribution in [2.75, 3.05) is 0 Å².